The zero-order valence-corrected chi connectivity index (χ0v) is 17.2. The Morgan fingerprint density at radius 2 is 1.96 bits per heavy atom. The number of guanidine groups is 1. The molecule has 0 atom stereocenters. The smallest absolute Gasteiger partial charge is 0.191 e. The molecule has 0 saturated carbocycles. The van der Waals surface area contributed by atoms with Gasteiger partial charge in [0, 0.05) is 25.5 Å². The largest absolute Gasteiger partial charge is 0.356 e. The molecule has 5 nitrogen and oxygen atoms in total. The third-order valence-electron chi connectivity index (χ3n) is 4.05. The highest BCUT2D eigenvalue weighted by Gasteiger charge is 2.05. The van der Waals surface area contributed by atoms with Crippen LogP contribution in [-0.4, -0.2) is 28.9 Å². The fraction of sp³-hybridized carbons (Fsp3) is 0.263. The molecule has 0 bridgehead atoms. The molecule has 0 unspecified atom stereocenters. The average molecular weight is 467 g/mol. The summed E-state index contributed by atoms with van der Waals surface area (Å²) in [5.41, 5.74) is 3.70. The Hall–Kier alpha value is -2.16. The van der Waals surface area contributed by atoms with Crippen LogP contribution in [-0.2, 0) is 13.0 Å². The van der Waals surface area contributed by atoms with E-state index in [2.05, 4.69) is 38.0 Å². The Kier molecular flexibility index (Phi) is 7.38. The number of pyridine rings is 1. The van der Waals surface area contributed by atoms with Crippen LogP contribution in [0.1, 0.15) is 17.0 Å². The number of fused-ring (bicyclic) bond motifs is 1. The number of benzene rings is 1. The van der Waals surface area contributed by atoms with Crippen LogP contribution in [0.3, 0.4) is 0 Å². The van der Waals surface area contributed by atoms with Crippen LogP contribution in [0.15, 0.2) is 53.7 Å². The van der Waals surface area contributed by atoms with Gasteiger partial charge in [-0.1, -0.05) is 24.3 Å². The molecule has 0 aliphatic rings. The van der Waals surface area contributed by atoms with E-state index in [1.54, 1.807) is 19.2 Å². The summed E-state index contributed by atoms with van der Waals surface area (Å²) in [6.07, 6.45) is 2.62. The number of aromatic nitrogens is 2. The second-order valence-corrected chi connectivity index (χ2v) is 5.82. The maximum atomic E-state index is 13.6. The summed E-state index contributed by atoms with van der Waals surface area (Å²) in [5, 5.41) is 6.43. The molecule has 26 heavy (non-hydrogen) atoms. The fourth-order valence-corrected chi connectivity index (χ4v) is 2.70. The highest BCUT2D eigenvalue weighted by atomic mass is 127. The van der Waals surface area contributed by atoms with Gasteiger partial charge >= 0.3 is 0 Å². The molecule has 2 aromatic heterocycles. The summed E-state index contributed by atoms with van der Waals surface area (Å²) >= 11 is 0. The number of hydrogen-bond donors (Lipinski definition) is 2. The number of rotatable bonds is 5. The predicted molar refractivity (Wildman–Crippen MR) is 114 cm³/mol. The molecule has 7 heteroatoms. The van der Waals surface area contributed by atoms with Crippen LogP contribution < -0.4 is 10.6 Å². The van der Waals surface area contributed by atoms with E-state index in [0.29, 0.717) is 31.0 Å². The van der Waals surface area contributed by atoms with Crippen molar-refractivity contribution in [3.05, 3.63) is 71.4 Å². The molecule has 3 aromatic rings. The van der Waals surface area contributed by atoms with E-state index >= 15 is 0 Å². The molecular weight excluding hydrogens is 444 g/mol. The lowest BCUT2D eigenvalue weighted by Crippen LogP contribution is -2.38. The first-order chi connectivity index (χ1) is 12.2. The monoisotopic (exact) mass is 467 g/mol. The van der Waals surface area contributed by atoms with Gasteiger partial charge in [0.15, 0.2) is 5.96 Å². The number of nitrogens with one attached hydrogen (secondary N) is 2. The van der Waals surface area contributed by atoms with Crippen molar-refractivity contribution in [2.75, 3.05) is 13.6 Å². The van der Waals surface area contributed by atoms with Crippen LogP contribution in [0.5, 0.6) is 0 Å². The minimum absolute atomic E-state index is 0. The second kappa shape index (κ2) is 9.51. The summed E-state index contributed by atoms with van der Waals surface area (Å²) in [6.45, 7) is 3.22. The van der Waals surface area contributed by atoms with Crippen molar-refractivity contribution in [3.63, 3.8) is 0 Å². The van der Waals surface area contributed by atoms with Gasteiger partial charge in [-0.05, 0) is 37.1 Å². The molecule has 0 amide bonds. The lowest BCUT2D eigenvalue weighted by Gasteiger charge is -2.11. The SMILES string of the molecule is CN=C(NCCc1ccccc1F)NCc1cn2c(C)cccc2n1.I. The molecule has 138 valence electrons. The van der Waals surface area contributed by atoms with Crippen LogP contribution >= 0.6 is 24.0 Å². The second-order valence-electron chi connectivity index (χ2n) is 5.82. The number of aliphatic imine (C=N–C) groups is 1. The summed E-state index contributed by atoms with van der Waals surface area (Å²) < 4.78 is 15.7. The third kappa shape index (κ3) is 4.94. The van der Waals surface area contributed by atoms with Crippen LogP contribution in [0.25, 0.3) is 5.65 Å². The Bertz CT molecular complexity index is 891. The predicted octanol–water partition coefficient (Wildman–Crippen LogP) is 3.31. The lowest BCUT2D eigenvalue weighted by molar-refractivity contribution is 0.606. The van der Waals surface area contributed by atoms with Crippen molar-refractivity contribution < 1.29 is 4.39 Å². The minimum atomic E-state index is -0.174. The van der Waals surface area contributed by atoms with Gasteiger partial charge in [-0.2, -0.15) is 0 Å². The van der Waals surface area contributed by atoms with E-state index in [-0.39, 0.29) is 29.8 Å². The van der Waals surface area contributed by atoms with Crippen LogP contribution in [0.4, 0.5) is 4.39 Å². The highest BCUT2D eigenvalue weighted by molar-refractivity contribution is 14.0. The van der Waals surface area contributed by atoms with Gasteiger partial charge in [0.1, 0.15) is 11.5 Å². The normalized spacial score (nSPS) is 11.3. The molecule has 0 aliphatic carbocycles. The Labute approximate surface area is 169 Å². The van der Waals surface area contributed by atoms with Gasteiger partial charge in [-0.15, -0.1) is 24.0 Å². The van der Waals surface area contributed by atoms with Gasteiger partial charge in [0.25, 0.3) is 0 Å². The van der Waals surface area contributed by atoms with E-state index < -0.39 is 0 Å². The van der Waals surface area contributed by atoms with Crippen molar-refractivity contribution in [2.24, 2.45) is 4.99 Å². The topological polar surface area (TPSA) is 53.7 Å². The van der Waals surface area contributed by atoms with Gasteiger partial charge in [0.05, 0.1) is 12.2 Å². The average Bonchev–Trinajstić information content (AvgIpc) is 3.04. The molecule has 0 fully saturated rings. The molecule has 2 heterocycles. The first-order valence-electron chi connectivity index (χ1n) is 8.29. The Morgan fingerprint density at radius 1 is 1.15 bits per heavy atom. The van der Waals surface area contributed by atoms with E-state index in [9.17, 15) is 4.39 Å². The fourth-order valence-electron chi connectivity index (χ4n) is 2.70. The number of hydrogen-bond acceptors (Lipinski definition) is 2. The van der Waals surface area contributed by atoms with Gasteiger partial charge in [0.2, 0.25) is 0 Å². The molecule has 3 rings (SSSR count). The third-order valence-corrected chi connectivity index (χ3v) is 4.05. The molecule has 0 radical (unpaired) electrons. The summed E-state index contributed by atoms with van der Waals surface area (Å²) in [4.78, 5) is 8.78. The molecule has 0 saturated heterocycles. The first-order valence-corrected chi connectivity index (χ1v) is 8.29. The number of imidazole rings is 1. The lowest BCUT2D eigenvalue weighted by atomic mass is 10.1. The zero-order chi connectivity index (χ0) is 17.6. The molecule has 1 aromatic carbocycles. The van der Waals surface area contributed by atoms with Gasteiger partial charge in [-0.25, -0.2) is 9.37 Å². The minimum Gasteiger partial charge on any atom is -0.356 e. The summed E-state index contributed by atoms with van der Waals surface area (Å²) in [5.74, 6) is 0.498. The van der Waals surface area contributed by atoms with E-state index in [4.69, 9.17) is 0 Å². The summed E-state index contributed by atoms with van der Waals surface area (Å²) in [7, 11) is 1.71. The zero-order valence-electron chi connectivity index (χ0n) is 14.9. The van der Waals surface area contributed by atoms with Crippen molar-refractivity contribution >= 4 is 35.6 Å². The van der Waals surface area contributed by atoms with Gasteiger partial charge in [-0.3, -0.25) is 4.99 Å². The number of nitrogens with zero attached hydrogens (tertiary/aromatic N) is 3. The van der Waals surface area contributed by atoms with Crippen LogP contribution in [0, 0.1) is 12.7 Å². The maximum absolute atomic E-state index is 13.6. The maximum Gasteiger partial charge on any atom is 0.191 e. The van der Waals surface area contributed by atoms with Gasteiger partial charge < -0.3 is 15.0 Å². The molecule has 0 spiro atoms. The van der Waals surface area contributed by atoms with E-state index in [1.165, 1.54) is 6.07 Å². The standard InChI is InChI=1S/C19H22FN5.HI/c1-14-6-5-9-18-24-16(13-25(14)18)12-23-19(21-2)22-11-10-15-7-3-4-8-17(15)20;/h3-9,13H,10-12H2,1-2H3,(H2,21,22,23);1H. The number of halogens is 2. The summed E-state index contributed by atoms with van der Waals surface area (Å²) in [6, 6.07) is 12.9. The first kappa shape index (κ1) is 20.2. The molecule has 2 N–H and O–H groups in total. The molecule has 0 aliphatic heterocycles. The molecular formula is C19H23FIN5. The van der Waals surface area contributed by atoms with Crippen molar-refractivity contribution in [1.29, 1.82) is 0 Å². The van der Waals surface area contributed by atoms with E-state index in [1.807, 2.05) is 24.4 Å². The number of aryl methyl sites for hydroxylation is 1. The van der Waals surface area contributed by atoms with Crippen molar-refractivity contribution in [2.45, 2.75) is 19.9 Å². The van der Waals surface area contributed by atoms with Crippen molar-refractivity contribution in [1.82, 2.24) is 20.0 Å². The Morgan fingerprint density at radius 3 is 2.69 bits per heavy atom. The van der Waals surface area contributed by atoms with Crippen LogP contribution in [0.2, 0.25) is 0 Å². The van der Waals surface area contributed by atoms with E-state index in [0.717, 1.165) is 17.0 Å². The highest BCUT2D eigenvalue weighted by Crippen LogP contribution is 2.08. The quantitative estimate of drug-likeness (QED) is 0.344. The van der Waals surface area contributed by atoms with Crippen molar-refractivity contribution in [3.8, 4) is 0 Å². The Balaban J connectivity index is 0.00000243.